The number of ether oxygens (including phenoxy) is 1. The van der Waals surface area contributed by atoms with Gasteiger partial charge in [0.25, 0.3) is 5.91 Å². The van der Waals surface area contributed by atoms with Crippen molar-refractivity contribution in [3.05, 3.63) is 95.1 Å². The van der Waals surface area contributed by atoms with Gasteiger partial charge in [0.1, 0.15) is 5.84 Å². The third kappa shape index (κ3) is 5.69. The minimum atomic E-state index is -0.547. The summed E-state index contributed by atoms with van der Waals surface area (Å²) in [4.78, 5) is 39.7. The van der Waals surface area contributed by atoms with Gasteiger partial charge in [-0.15, -0.1) is 0 Å². The molecule has 0 aliphatic carbocycles. The third-order valence-electron chi connectivity index (χ3n) is 6.83. The van der Waals surface area contributed by atoms with Crippen LogP contribution in [0, 0.1) is 11.3 Å². The van der Waals surface area contributed by atoms with Crippen molar-refractivity contribution >= 4 is 23.6 Å². The molecule has 8 nitrogen and oxygen atoms in total. The van der Waals surface area contributed by atoms with Gasteiger partial charge in [-0.25, -0.2) is 0 Å². The number of likely N-dealkylation sites (tertiary alicyclic amines) is 1. The highest BCUT2D eigenvalue weighted by Crippen LogP contribution is 2.30. The van der Waals surface area contributed by atoms with E-state index in [0.717, 1.165) is 23.1 Å². The first-order valence-electron chi connectivity index (χ1n) is 12.1. The summed E-state index contributed by atoms with van der Waals surface area (Å²) in [6.45, 7) is 0.549. The zero-order valence-corrected chi connectivity index (χ0v) is 20.6. The molecule has 0 spiro atoms. The van der Waals surface area contributed by atoms with Gasteiger partial charge in [-0.05, 0) is 66.3 Å². The van der Waals surface area contributed by atoms with E-state index < -0.39 is 11.8 Å². The summed E-state index contributed by atoms with van der Waals surface area (Å²) < 4.78 is 5.12. The van der Waals surface area contributed by atoms with E-state index in [0.29, 0.717) is 36.1 Å². The number of primary amides is 1. The van der Waals surface area contributed by atoms with Crippen LogP contribution < -0.4 is 11.5 Å². The number of carbonyl (C=O) groups is 3. The quantitative estimate of drug-likeness (QED) is 0.248. The molecule has 3 aromatic carbocycles. The van der Waals surface area contributed by atoms with Crippen molar-refractivity contribution in [2.24, 2.45) is 17.4 Å². The smallest absolute Gasteiger partial charge is 0.311 e. The number of esters is 1. The lowest BCUT2D eigenvalue weighted by Crippen LogP contribution is -2.44. The SMILES string of the molecule is COC(=O)C(Cc1cccc(C(=N)N)c1)C1CCCN1C(=O)c1ccc(-c2cccc(C(N)=O)c2)cc1. The molecule has 1 heterocycles. The summed E-state index contributed by atoms with van der Waals surface area (Å²) in [5.41, 5.74) is 15.1. The van der Waals surface area contributed by atoms with Crippen LogP contribution in [0.25, 0.3) is 11.1 Å². The van der Waals surface area contributed by atoms with Gasteiger partial charge in [-0.2, -0.15) is 0 Å². The zero-order chi connectivity index (χ0) is 26.5. The minimum absolute atomic E-state index is 0.0426. The van der Waals surface area contributed by atoms with Crippen LogP contribution in [-0.4, -0.2) is 48.2 Å². The summed E-state index contributed by atoms with van der Waals surface area (Å²) in [5, 5.41) is 7.70. The van der Waals surface area contributed by atoms with Crippen molar-refractivity contribution in [1.29, 1.82) is 5.41 Å². The van der Waals surface area contributed by atoms with Gasteiger partial charge in [-0.1, -0.05) is 42.5 Å². The van der Waals surface area contributed by atoms with Gasteiger partial charge in [0.15, 0.2) is 0 Å². The maximum absolute atomic E-state index is 13.5. The van der Waals surface area contributed by atoms with Crippen molar-refractivity contribution in [1.82, 2.24) is 4.90 Å². The highest BCUT2D eigenvalue weighted by molar-refractivity contribution is 5.96. The van der Waals surface area contributed by atoms with Crippen LogP contribution in [0.4, 0.5) is 0 Å². The monoisotopic (exact) mass is 498 g/mol. The molecular weight excluding hydrogens is 468 g/mol. The molecule has 5 N–H and O–H groups in total. The molecule has 1 aliphatic heterocycles. The number of rotatable bonds is 8. The van der Waals surface area contributed by atoms with Gasteiger partial charge in [0.05, 0.1) is 13.0 Å². The lowest BCUT2D eigenvalue weighted by atomic mass is 9.89. The number of nitrogens with two attached hydrogens (primary N) is 2. The van der Waals surface area contributed by atoms with Gasteiger partial charge >= 0.3 is 5.97 Å². The number of nitrogen functional groups attached to an aromatic ring is 1. The maximum Gasteiger partial charge on any atom is 0.311 e. The fraction of sp³-hybridized carbons (Fsp3) is 0.241. The lowest BCUT2D eigenvalue weighted by molar-refractivity contribution is -0.147. The molecule has 37 heavy (non-hydrogen) atoms. The number of amidine groups is 1. The van der Waals surface area contributed by atoms with Crippen LogP contribution in [0.1, 0.15) is 44.7 Å². The molecule has 3 aromatic rings. The summed E-state index contributed by atoms with van der Waals surface area (Å²) in [5.74, 6) is -1.61. The van der Waals surface area contributed by atoms with Crippen LogP contribution in [0.15, 0.2) is 72.8 Å². The second-order valence-electron chi connectivity index (χ2n) is 9.18. The van der Waals surface area contributed by atoms with Gasteiger partial charge in [0.2, 0.25) is 5.91 Å². The van der Waals surface area contributed by atoms with Crippen molar-refractivity contribution < 1.29 is 19.1 Å². The minimum Gasteiger partial charge on any atom is -0.469 e. The van der Waals surface area contributed by atoms with Gasteiger partial charge in [-0.3, -0.25) is 19.8 Å². The van der Waals surface area contributed by atoms with E-state index in [2.05, 4.69) is 0 Å². The molecule has 2 unspecified atom stereocenters. The number of benzene rings is 3. The predicted molar refractivity (Wildman–Crippen MR) is 141 cm³/mol. The predicted octanol–water partition coefficient (Wildman–Crippen LogP) is 3.37. The van der Waals surface area contributed by atoms with Crippen molar-refractivity contribution in [2.75, 3.05) is 13.7 Å². The van der Waals surface area contributed by atoms with Crippen molar-refractivity contribution in [3.8, 4) is 11.1 Å². The fourth-order valence-electron chi connectivity index (χ4n) is 4.93. The Labute approximate surface area is 215 Å². The summed E-state index contributed by atoms with van der Waals surface area (Å²) in [6, 6.07) is 21.1. The van der Waals surface area contributed by atoms with Crippen LogP contribution in [0.5, 0.6) is 0 Å². The number of hydrogen-bond acceptors (Lipinski definition) is 5. The van der Waals surface area contributed by atoms with Crippen LogP contribution in [0.3, 0.4) is 0 Å². The molecular formula is C29H30N4O4. The van der Waals surface area contributed by atoms with E-state index in [1.54, 1.807) is 53.4 Å². The standard InChI is InChI=1S/C29H30N4O4/c1-37-29(36)24(16-18-5-2-7-22(15-18)26(30)31)25-9-4-14-33(25)28(35)20-12-10-19(11-13-20)21-6-3-8-23(17-21)27(32)34/h2-3,5-8,10-13,15,17,24-25H,4,9,14,16H2,1H3,(H3,30,31)(H2,32,34). The normalized spacial score (nSPS) is 15.7. The van der Waals surface area contributed by atoms with Crippen LogP contribution in [-0.2, 0) is 16.0 Å². The number of methoxy groups -OCH3 is 1. The van der Waals surface area contributed by atoms with Crippen molar-refractivity contribution in [3.63, 3.8) is 0 Å². The molecule has 2 atom stereocenters. The highest BCUT2D eigenvalue weighted by atomic mass is 16.5. The Hall–Kier alpha value is -4.46. The topological polar surface area (TPSA) is 140 Å². The number of carbonyl (C=O) groups excluding carboxylic acids is 3. The molecule has 1 aliphatic rings. The Morgan fingerprint density at radius 2 is 1.65 bits per heavy atom. The molecule has 2 amide bonds. The Morgan fingerprint density at radius 1 is 0.946 bits per heavy atom. The Balaban J connectivity index is 1.56. The molecule has 0 saturated carbocycles. The fourth-order valence-corrected chi connectivity index (χ4v) is 4.93. The summed E-state index contributed by atoms with van der Waals surface area (Å²) >= 11 is 0. The summed E-state index contributed by atoms with van der Waals surface area (Å²) in [6.07, 6.45) is 1.85. The number of nitrogens with zero attached hydrogens (tertiary/aromatic N) is 1. The lowest BCUT2D eigenvalue weighted by Gasteiger charge is -2.30. The number of nitrogens with one attached hydrogen (secondary N) is 1. The van der Waals surface area contributed by atoms with E-state index >= 15 is 0 Å². The van der Waals surface area contributed by atoms with E-state index in [4.69, 9.17) is 21.6 Å². The third-order valence-corrected chi connectivity index (χ3v) is 6.83. The molecule has 0 aromatic heterocycles. The van der Waals surface area contributed by atoms with E-state index in [1.165, 1.54) is 7.11 Å². The highest BCUT2D eigenvalue weighted by Gasteiger charge is 2.39. The second kappa shape index (κ2) is 11.1. The molecule has 1 fully saturated rings. The van der Waals surface area contributed by atoms with E-state index in [-0.39, 0.29) is 23.8 Å². The first-order valence-corrected chi connectivity index (χ1v) is 12.1. The van der Waals surface area contributed by atoms with Crippen LogP contribution >= 0.6 is 0 Å². The molecule has 0 radical (unpaired) electrons. The molecule has 8 heteroatoms. The first-order chi connectivity index (χ1) is 17.8. The van der Waals surface area contributed by atoms with E-state index in [9.17, 15) is 14.4 Å². The van der Waals surface area contributed by atoms with E-state index in [1.807, 2.05) is 24.3 Å². The zero-order valence-electron chi connectivity index (χ0n) is 20.6. The molecule has 190 valence electrons. The molecule has 0 bridgehead atoms. The Morgan fingerprint density at radius 3 is 2.32 bits per heavy atom. The molecule has 4 rings (SSSR count). The first kappa shape index (κ1) is 25.6. The number of amides is 2. The average Bonchev–Trinajstić information content (AvgIpc) is 3.40. The molecule has 1 saturated heterocycles. The van der Waals surface area contributed by atoms with Gasteiger partial charge < -0.3 is 21.1 Å². The van der Waals surface area contributed by atoms with Gasteiger partial charge in [0, 0.05) is 29.3 Å². The Kier molecular flexibility index (Phi) is 7.67. The van der Waals surface area contributed by atoms with Crippen LogP contribution in [0.2, 0.25) is 0 Å². The second-order valence-corrected chi connectivity index (χ2v) is 9.18. The number of hydrogen-bond donors (Lipinski definition) is 3. The largest absolute Gasteiger partial charge is 0.469 e. The Bertz CT molecular complexity index is 1340. The maximum atomic E-state index is 13.5. The summed E-state index contributed by atoms with van der Waals surface area (Å²) in [7, 11) is 1.36. The average molecular weight is 499 g/mol. The van der Waals surface area contributed by atoms with Crippen molar-refractivity contribution in [2.45, 2.75) is 25.3 Å².